The molecule has 17 heavy (non-hydrogen) atoms. The molecule has 1 rings (SSSR count). The Balaban J connectivity index is 3.08. The quantitative estimate of drug-likeness (QED) is 0.681. The molecule has 1 aromatic carbocycles. The fourth-order valence-electron chi connectivity index (χ4n) is 1.10. The molecule has 0 aliphatic carbocycles. The fraction of sp³-hybridized carbons (Fsp3) is 0.333. The Kier molecular flexibility index (Phi) is 3.98. The predicted octanol–water partition coefficient (Wildman–Crippen LogP) is 3.61. The van der Waals surface area contributed by atoms with Crippen molar-refractivity contribution in [2.24, 2.45) is 0 Å². The van der Waals surface area contributed by atoms with Crippen molar-refractivity contribution >= 4 is 15.9 Å². The van der Waals surface area contributed by atoms with E-state index in [0.717, 1.165) is 12.1 Å². The number of hydrogen-bond donors (Lipinski definition) is 1. The van der Waals surface area contributed by atoms with Crippen LogP contribution in [0.4, 0.5) is 22.0 Å². The molecule has 1 aromatic rings. The molecule has 0 spiro atoms. The molecule has 0 aromatic heterocycles. The largest absolute Gasteiger partial charge is 0.573 e. The average molecular weight is 321 g/mol. The lowest BCUT2D eigenvalue weighted by molar-refractivity contribution is -0.275. The summed E-state index contributed by atoms with van der Waals surface area (Å²) in [5.41, 5.74) is -0.660. The van der Waals surface area contributed by atoms with Crippen LogP contribution in [-0.4, -0.2) is 16.3 Å². The summed E-state index contributed by atoms with van der Waals surface area (Å²) in [6, 6.07) is 4.13. The average Bonchev–Trinajstić information content (AvgIpc) is 2.13. The minimum atomic E-state index is -5.02. The minimum Gasteiger partial charge on any atom is -0.405 e. The van der Waals surface area contributed by atoms with Crippen LogP contribution in [-0.2, 0) is 0 Å². The molecule has 0 amide bonds. The van der Waals surface area contributed by atoms with E-state index in [1.54, 1.807) is 0 Å². The van der Waals surface area contributed by atoms with Crippen molar-refractivity contribution in [3.8, 4) is 5.75 Å². The zero-order valence-electron chi connectivity index (χ0n) is 8.01. The predicted molar refractivity (Wildman–Crippen MR) is 52.0 cm³/mol. The first-order valence-electron chi connectivity index (χ1n) is 4.21. The molecule has 8 heteroatoms. The Labute approximate surface area is 101 Å². The summed E-state index contributed by atoms with van der Waals surface area (Å²) in [5, 5.41) is 9.19. The van der Waals surface area contributed by atoms with Crippen molar-refractivity contribution in [2.75, 3.05) is 0 Å². The molecule has 1 atom stereocenters. The zero-order chi connectivity index (χ0) is 13.3. The van der Waals surface area contributed by atoms with Crippen molar-refractivity contribution in [2.45, 2.75) is 17.3 Å². The van der Waals surface area contributed by atoms with Gasteiger partial charge in [0.1, 0.15) is 5.75 Å². The summed E-state index contributed by atoms with van der Waals surface area (Å²) < 4.78 is 65.0. The molecule has 0 fully saturated rings. The van der Waals surface area contributed by atoms with Gasteiger partial charge in [-0.3, -0.25) is 0 Å². The van der Waals surface area contributed by atoms with Crippen LogP contribution < -0.4 is 4.74 Å². The van der Waals surface area contributed by atoms with E-state index in [4.69, 9.17) is 0 Å². The van der Waals surface area contributed by atoms with Gasteiger partial charge in [0.2, 0.25) is 0 Å². The second kappa shape index (κ2) is 4.77. The van der Waals surface area contributed by atoms with Crippen molar-refractivity contribution in [3.05, 3.63) is 29.8 Å². The molecular weight excluding hydrogens is 315 g/mol. The number of para-hydroxylation sites is 1. The molecule has 0 bridgehead atoms. The maximum absolute atomic E-state index is 12.7. The Morgan fingerprint density at radius 1 is 1.12 bits per heavy atom. The van der Waals surface area contributed by atoms with Crippen LogP contribution >= 0.6 is 15.9 Å². The third-order valence-corrected chi connectivity index (χ3v) is 2.18. The van der Waals surface area contributed by atoms with E-state index >= 15 is 0 Å². The van der Waals surface area contributed by atoms with Gasteiger partial charge in [0.25, 0.3) is 0 Å². The maximum atomic E-state index is 12.7. The highest BCUT2D eigenvalue weighted by molar-refractivity contribution is 9.10. The summed E-state index contributed by atoms with van der Waals surface area (Å²) in [6.07, 6.45) is -7.46. The number of benzene rings is 1. The second-order valence-electron chi connectivity index (χ2n) is 3.03. The Morgan fingerprint density at radius 2 is 1.65 bits per heavy atom. The molecule has 2 nitrogen and oxygen atoms in total. The molecule has 0 saturated heterocycles. The van der Waals surface area contributed by atoms with Crippen LogP contribution in [0.5, 0.6) is 5.75 Å². The van der Waals surface area contributed by atoms with Gasteiger partial charge in [0.15, 0.2) is 6.10 Å². The van der Waals surface area contributed by atoms with Gasteiger partial charge in [-0.05, 0) is 22.0 Å². The second-order valence-corrected chi connectivity index (χ2v) is 4.09. The molecule has 1 N–H and O–H groups in total. The number of ether oxygens (including phenoxy) is 1. The van der Waals surface area contributed by atoms with Crippen LogP contribution in [0.2, 0.25) is 0 Å². The van der Waals surface area contributed by atoms with Gasteiger partial charge in [-0.1, -0.05) is 18.2 Å². The standard InChI is InChI=1S/C9H6BrF5O2/c10-8(11,12)7(16)5-3-1-2-4-6(5)17-9(13,14)15/h1-4,7,16H. The summed E-state index contributed by atoms with van der Waals surface area (Å²) >= 11 is 1.87. The Bertz CT molecular complexity index is 388. The molecule has 96 valence electrons. The number of alkyl halides is 6. The minimum absolute atomic E-state index is 0.660. The van der Waals surface area contributed by atoms with Gasteiger partial charge >= 0.3 is 11.2 Å². The van der Waals surface area contributed by atoms with E-state index < -0.39 is 28.6 Å². The van der Waals surface area contributed by atoms with Gasteiger partial charge in [-0.25, -0.2) is 0 Å². The lowest BCUT2D eigenvalue weighted by Gasteiger charge is -2.20. The van der Waals surface area contributed by atoms with Crippen molar-refractivity contribution in [1.29, 1.82) is 0 Å². The van der Waals surface area contributed by atoms with Crippen LogP contribution in [0.1, 0.15) is 11.7 Å². The van der Waals surface area contributed by atoms with Crippen molar-refractivity contribution in [1.82, 2.24) is 0 Å². The summed E-state index contributed by atoms with van der Waals surface area (Å²) in [6.45, 7) is 0. The van der Waals surface area contributed by atoms with Gasteiger partial charge in [-0.15, -0.1) is 13.2 Å². The molecule has 0 aliphatic heterocycles. The molecule has 0 saturated carbocycles. The van der Waals surface area contributed by atoms with Crippen LogP contribution in [0.15, 0.2) is 24.3 Å². The molecular formula is C9H6BrF5O2. The summed E-state index contributed by atoms with van der Waals surface area (Å²) in [4.78, 5) is -3.75. The van der Waals surface area contributed by atoms with Gasteiger partial charge in [-0.2, -0.15) is 8.78 Å². The van der Waals surface area contributed by atoms with E-state index in [0.29, 0.717) is 0 Å². The number of aliphatic hydroxyl groups is 1. The van der Waals surface area contributed by atoms with E-state index in [9.17, 15) is 27.1 Å². The third-order valence-electron chi connectivity index (χ3n) is 1.75. The Morgan fingerprint density at radius 3 is 2.12 bits per heavy atom. The lowest BCUT2D eigenvalue weighted by atomic mass is 10.1. The topological polar surface area (TPSA) is 29.5 Å². The third kappa shape index (κ3) is 4.12. The smallest absolute Gasteiger partial charge is 0.405 e. The molecule has 0 aliphatic rings. The van der Waals surface area contributed by atoms with Crippen molar-refractivity contribution in [3.63, 3.8) is 0 Å². The van der Waals surface area contributed by atoms with Gasteiger partial charge in [0, 0.05) is 5.56 Å². The molecule has 1 unspecified atom stereocenters. The van der Waals surface area contributed by atoms with Gasteiger partial charge < -0.3 is 9.84 Å². The van der Waals surface area contributed by atoms with Crippen LogP contribution in [0, 0.1) is 0 Å². The van der Waals surface area contributed by atoms with Gasteiger partial charge in [0.05, 0.1) is 0 Å². The summed E-state index contributed by atoms with van der Waals surface area (Å²) in [5.74, 6) is -0.869. The maximum Gasteiger partial charge on any atom is 0.573 e. The SMILES string of the molecule is OC(c1ccccc1OC(F)(F)F)C(F)(F)Br. The number of rotatable bonds is 3. The number of halogens is 6. The number of hydrogen-bond acceptors (Lipinski definition) is 2. The first-order chi connectivity index (χ1) is 7.61. The zero-order valence-corrected chi connectivity index (χ0v) is 9.60. The molecule has 0 radical (unpaired) electrons. The van der Waals surface area contributed by atoms with E-state index in [2.05, 4.69) is 4.74 Å². The Hall–Kier alpha value is -0.890. The van der Waals surface area contributed by atoms with Crippen molar-refractivity contribution < 1.29 is 31.8 Å². The highest BCUT2D eigenvalue weighted by atomic mass is 79.9. The highest BCUT2D eigenvalue weighted by Gasteiger charge is 2.40. The summed E-state index contributed by atoms with van der Waals surface area (Å²) in [7, 11) is 0. The van der Waals surface area contributed by atoms with Crippen LogP contribution in [0.25, 0.3) is 0 Å². The van der Waals surface area contributed by atoms with E-state index in [1.807, 2.05) is 15.9 Å². The van der Waals surface area contributed by atoms with E-state index in [-0.39, 0.29) is 0 Å². The first kappa shape index (κ1) is 14.2. The highest BCUT2D eigenvalue weighted by Crippen LogP contribution is 2.41. The van der Waals surface area contributed by atoms with E-state index in [1.165, 1.54) is 12.1 Å². The van der Waals surface area contributed by atoms with Crippen LogP contribution in [0.3, 0.4) is 0 Å². The normalized spacial score (nSPS) is 14.5. The fourth-order valence-corrected chi connectivity index (χ4v) is 1.35. The number of aliphatic hydroxyl groups excluding tert-OH is 1. The first-order valence-corrected chi connectivity index (χ1v) is 5.00. The lowest BCUT2D eigenvalue weighted by Crippen LogP contribution is -2.22. The molecule has 0 heterocycles. The monoisotopic (exact) mass is 320 g/mol.